The quantitative estimate of drug-likeness (QED) is 0.490. The van der Waals surface area contributed by atoms with Gasteiger partial charge in [-0.05, 0) is 35.2 Å². The number of benzene rings is 3. The summed E-state index contributed by atoms with van der Waals surface area (Å²) < 4.78 is 5.25. The summed E-state index contributed by atoms with van der Waals surface area (Å²) in [6, 6.07) is 27.2. The van der Waals surface area contributed by atoms with Crippen LogP contribution in [-0.2, 0) is 16.1 Å². The van der Waals surface area contributed by atoms with Gasteiger partial charge in [-0.25, -0.2) is 0 Å². The second-order valence-electron chi connectivity index (χ2n) is 7.99. The number of carbonyl (C=O) groups excluding carboxylic acids is 2. The molecule has 0 saturated heterocycles. The van der Waals surface area contributed by atoms with E-state index in [1.54, 1.807) is 19.1 Å². The number of ether oxygens (including phenoxy) is 1. The zero-order valence-electron chi connectivity index (χ0n) is 19.5. The summed E-state index contributed by atoms with van der Waals surface area (Å²) in [5.41, 5.74) is 3.10. The molecule has 0 spiro atoms. The van der Waals surface area contributed by atoms with Crippen LogP contribution in [0, 0.1) is 0 Å². The maximum Gasteiger partial charge on any atom is 0.242 e. The van der Waals surface area contributed by atoms with E-state index in [-0.39, 0.29) is 24.2 Å². The molecule has 0 radical (unpaired) electrons. The minimum Gasteiger partial charge on any atom is -0.497 e. The molecule has 33 heavy (non-hydrogen) atoms. The van der Waals surface area contributed by atoms with Gasteiger partial charge in [-0.1, -0.05) is 79.7 Å². The van der Waals surface area contributed by atoms with Gasteiger partial charge in [0, 0.05) is 25.9 Å². The molecule has 1 N–H and O–H groups in total. The molecule has 1 unspecified atom stereocenters. The van der Waals surface area contributed by atoms with Crippen molar-refractivity contribution < 1.29 is 14.3 Å². The van der Waals surface area contributed by atoms with Crippen molar-refractivity contribution in [3.05, 3.63) is 102 Å². The lowest BCUT2D eigenvalue weighted by Gasteiger charge is -2.32. The first-order valence-electron chi connectivity index (χ1n) is 11.3. The van der Waals surface area contributed by atoms with Gasteiger partial charge in [-0.15, -0.1) is 0 Å². The highest BCUT2D eigenvalue weighted by atomic mass is 16.5. The van der Waals surface area contributed by atoms with Crippen molar-refractivity contribution in [3.8, 4) is 5.75 Å². The van der Waals surface area contributed by atoms with Gasteiger partial charge in [0.25, 0.3) is 0 Å². The number of amides is 2. The van der Waals surface area contributed by atoms with Gasteiger partial charge >= 0.3 is 0 Å². The van der Waals surface area contributed by atoms with Crippen molar-refractivity contribution in [3.63, 3.8) is 0 Å². The molecule has 1 atom stereocenters. The SMILES string of the molecule is CCC(C(=O)NC)N(Cc1ccc(OC)cc1)C(=O)CC(c1ccccc1)c1ccccc1. The summed E-state index contributed by atoms with van der Waals surface area (Å²) in [6.07, 6.45) is 0.806. The Bertz CT molecular complexity index is 981. The average Bonchev–Trinajstić information content (AvgIpc) is 2.88. The smallest absolute Gasteiger partial charge is 0.242 e. The van der Waals surface area contributed by atoms with E-state index in [0.717, 1.165) is 22.4 Å². The summed E-state index contributed by atoms with van der Waals surface area (Å²) >= 11 is 0. The molecular formula is C28H32N2O3. The molecule has 0 aliphatic heterocycles. The van der Waals surface area contributed by atoms with Crippen LogP contribution in [0.1, 0.15) is 42.4 Å². The average molecular weight is 445 g/mol. The summed E-state index contributed by atoms with van der Waals surface area (Å²) in [6.45, 7) is 2.28. The van der Waals surface area contributed by atoms with E-state index in [2.05, 4.69) is 29.6 Å². The summed E-state index contributed by atoms with van der Waals surface area (Å²) in [4.78, 5) is 28.2. The van der Waals surface area contributed by atoms with E-state index >= 15 is 0 Å². The van der Waals surface area contributed by atoms with Crippen molar-refractivity contribution >= 4 is 11.8 Å². The highest BCUT2D eigenvalue weighted by molar-refractivity contribution is 5.88. The van der Waals surface area contributed by atoms with Gasteiger partial charge in [0.1, 0.15) is 11.8 Å². The topological polar surface area (TPSA) is 58.6 Å². The molecule has 2 amide bonds. The van der Waals surface area contributed by atoms with Crippen LogP contribution in [0.2, 0.25) is 0 Å². The van der Waals surface area contributed by atoms with Gasteiger partial charge in [0.2, 0.25) is 11.8 Å². The van der Waals surface area contributed by atoms with Gasteiger partial charge < -0.3 is 15.0 Å². The molecule has 3 aromatic rings. The Kier molecular flexibility index (Phi) is 8.64. The number of hydrogen-bond donors (Lipinski definition) is 1. The van der Waals surface area contributed by atoms with Crippen molar-refractivity contribution in [1.29, 1.82) is 0 Å². The van der Waals surface area contributed by atoms with E-state index in [4.69, 9.17) is 4.74 Å². The van der Waals surface area contributed by atoms with Gasteiger partial charge in [-0.3, -0.25) is 9.59 Å². The lowest BCUT2D eigenvalue weighted by atomic mass is 9.88. The Morgan fingerprint density at radius 1 is 0.879 bits per heavy atom. The minimum absolute atomic E-state index is 0.0565. The fraction of sp³-hybridized carbons (Fsp3) is 0.286. The van der Waals surface area contributed by atoms with Crippen LogP contribution in [-0.4, -0.2) is 36.9 Å². The van der Waals surface area contributed by atoms with Crippen LogP contribution in [0.3, 0.4) is 0 Å². The monoisotopic (exact) mass is 444 g/mol. The Hall–Kier alpha value is -3.60. The molecule has 3 rings (SSSR count). The van der Waals surface area contributed by atoms with Crippen LogP contribution in [0.4, 0.5) is 0 Å². The van der Waals surface area contributed by atoms with Gasteiger partial charge in [0.15, 0.2) is 0 Å². The highest BCUT2D eigenvalue weighted by Crippen LogP contribution is 2.29. The van der Waals surface area contributed by atoms with E-state index < -0.39 is 6.04 Å². The Balaban J connectivity index is 1.93. The third-order valence-electron chi connectivity index (χ3n) is 5.93. The van der Waals surface area contributed by atoms with E-state index in [9.17, 15) is 9.59 Å². The van der Waals surface area contributed by atoms with Gasteiger partial charge in [-0.2, -0.15) is 0 Å². The summed E-state index contributed by atoms with van der Waals surface area (Å²) in [5, 5.41) is 2.72. The van der Waals surface area contributed by atoms with E-state index in [1.807, 2.05) is 67.6 Å². The molecule has 0 heterocycles. The van der Waals surface area contributed by atoms with Crippen LogP contribution in [0.15, 0.2) is 84.9 Å². The second kappa shape index (κ2) is 11.9. The number of nitrogens with zero attached hydrogens (tertiary/aromatic N) is 1. The van der Waals surface area contributed by atoms with Crippen molar-refractivity contribution in [2.24, 2.45) is 0 Å². The molecule has 0 aliphatic carbocycles. The fourth-order valence-corrected chi connectivity index (χ4v) is 4.10. The number of rotatable bonds is 10. The Morgan fingerprint density at radius 2 is 1.42 bits per heavy atom. The van der Waals surface area contributed by atoms with Gasteiger partial charge in [0.05, 0.1) is 7.11 Å². The number of nitrogens with one attached hydrogen (secondary N) is 1. The normalized spacial score (nSPS) is 11.6. The molecular weight excluding hydrogens is 412 g/mol. The van der Waals surface area contributed by atoms with E-state index in [1.165, 1.54) is 0 Å². The largest absolute Gasteiger partial charge is 0.497 e. The lowest BCUT2D eigenvalue weighted by molar-refractivity contribution is -0.141. The van der Waals surface area contributed by atoms with Crippen LogP contribution in [0.25, 0.3) is 0 Å². The third kappa shape index (κ3) is 6.22. The fourth-order valence-electron chi connectivity index (χ4n) is 4.10. The zero-order valence-corrected chi connectivity index (χ0v) is 19.5. The maximum absolute atomic E-state index is 13.8. The van der Waals surface area contributed by atoms with Crippen molar-refractivity contribution in [2.45, 2.75) is 38.3 Å². The molecule has 0 fully saturated rings. The molecule has 0 bridgehead atoms. The standard InChI is InChI=1S/C28H32N2O3/c1-4-26(28(32)29-2)30(20-21-15-17-24(33-3)18-16-21)27(31)19-25(22-11-7-5-8-12-22)23-13-9-6-10-14-23/h5-18,25-26H,4,19-20H2,1-3H3,(H,29,32). The Morgan fingerprint density at radius 3 is 1.88 bits per heavy atom. The zero-order chi connectivity index (χ0) is 23.6. The Labute approximate surface area is 196 Å². The van der Waals surface area contributed by atoms with Crippen LogP contribution >= 0.6 is 0 Å². The van der Waals surface area contributed by atoms with Crippen LogP contribution in [0.5, 0.6) is 5.75 Å². The molecule has 0 aliphatic rings. The number of carbonyl (C=O) groups is 2. The highest BCUT2D eigenvalue weighted by Gasteiger charge is 2.30. The number of likely N-dealkylation sites (N-methyl/N-ethyl adjacent to an activating group) is 1. The third-order valence-corrected chi connectivity index (χ3v) is 5.93. The first-order chi connectivity index (χ1) is 16.1. The van der Waals surface area contributed by atoms with Crippen molar-refractivity contribution in [1.82, 2.24) is 10.2 Å². The predicted molar refractivity (Wildman–Crippen MR) is 131 cm³/mol. The molecule has 172 valence electrons. The van der Waals surface area contributed by atoms with Crippen molar-refractivity contribution in [2.75, 3.05) is 14.2 Å². The van der Waals surface area contributed by atoms with Crippen LogP contribution < -0.4 is 10.1 Å². The molecule has 5 heteroatoms. The molecule has 3 aromatic carbocycles. The lowest BCUT2D eigenvalue weighted by Crippen LogP contribution is -2.48. The second-order valence-corrected chi connectivity index (χ2v) is 7.99. The first-order valence-corrected chi connectivity index (χ1v) is 11.3. The summed E-state index contributed by atoms with van der Waals surface area (Å²) in [7, 11) is 3.23. The van der Waals surface area contributed by atoms with E-state index in [0.29, 0.717) is 13.0 Å². The molecule has 5 nitrogen and oxygen atoms in total. The maximum atomic E-state index is 13.8. The summed E-state index contributed by atoms with van der Waals surface area (Å²) in [5.74, 6) is 0.443. The first kappa shape index (κ1) is 24.1. The minimum atomic E-state index is -0.545. The number of methoxy groups -OCH3 is 1. The predicted octanol–water partition coefficient (Wildman–Crippen LogP) is 4.77. The molecule has 0 saturated carbocycles. The molecule has 0 aromatic heterocycles. The number of hydrogen-bond acceptors (Lipinski definition) is 3.